The van der Waals surface area contributed by atoms with Crippen LogP contribution in [0.1, 0.15) is 23.5 Å². The second kappa shape index (κ2) is 6.41. The molecule has 1 aliphatic rings. The van der Waals surface area contributed by atoms with Crippen molar-refractivity contribution in [1.29, 1.82) is 0 Å². The summed E-state index contributed by atoms with van der Waals surface area (Å²) in [7, 11) is 0. The molecule has 0 unspecified atom stereocenters. The van der Waals surface area contributed by atoms with Crippen LogP contribution in [-0.2, 0) is 4.79 Å². The summed E-state index contributed by atoms with van der Waals surface area (Å²) in [5, 5.41) is 6.32. The van der Waals surface area contributed by atoms with Crippen LogP contribution in [0.3, 0.4) is 0 Å². The van der Waals surface area contributed by atoms with Gasteiger partial charge in [0.05, 0.1) is 12.1 Å². The van der Waals surface area contributed by atoms with Crippen LogP contribution in [0, 0.1) is 20.8 Å². The molecule has 7 nitrogen and oxygen atoms in total. The molecule has 0 N–H and O–H groups in total. The standard InChI is InChI=1S/C15H16N6OS/c1-9-4-5-16-15(19-9)23-8-12-7-13(22)21(20-12)14-17-10(2)6-11(3)18-14/h4-6H,7-8H2,1-3H3. The first-order valence-corrected chi connectivity index (χ1v) is 8.14. The van der Waals surface area contributed by atoms with Gasteiger partial charge in [-0.25, -0.2) is 19.9 Å². The maximum Gasteiger partial charge on any atom is 0.255 e. The molecule has 0 fully saturated rings. The monoisotopic (exact) mass is 328 g/mol. The lowest BCUT2D eigenvalue weighted by molar-refractivity contribution is -0.117. The van der Waals surface area contributed by atoms with Crippen LogP contribution >= 0.6 is 11.8 Å². The zero-order valence-electron chi connectivity index (χ0n) is 13.1. The SMILES string of the molecule is Cc1ccnc(SCC2=NN(c3nc(C)cc(C)n3)C(=O)C2)n1. The van der Waals surface area contributed by atoms with E-state index in [9.17, 15) is 4.79 Å². The van der Waals surface area contributed by atoms with E-state index in [1.165, 1.54) is 16.8 Å². The maximum atomic E-state index is 12.2. The molecule has 2 aromatic rings. The number of amides is 1. The molecule has 0 aromatic carbocycles. The number of nitrogens with zero attached hydrogens (tertiary/aromatic N) is 6. The van der Waals surface area contributed by atoms with Gasteiger partial charge in [0.1, 0.15) is 0 Å². The number of hydrazone groups is 1. The lowest BCUT2D eigenvalue weighted by Crippen LogP contribution is -2.22. The quantitative estimate of drug-likeness (QED) is 0.631. The average molecular weight is 328 g/mol. The molecule has 0 saturated heterocycles. The summed E-state index contributed by atoms with van der Waals surface area (Å²) in [6, 6.07) is 3.71. The van der Waals surface area contributed by atoms with E-state index in [2.05, 4.69) is 25.0 Å². The second-order valence-corrected chi connectivity index (χ2v) is 6.21. The second-order valence-electron chi connectivity index (χ2n) is 5.27. The summed E-state index contributed by atoms with van der Waals surface area (Å²) in [5.41, 5.74) is 3.31. The minimum atomic E-state index is -0.115. The molecule has 3 rings (SSSR count). The van der Waals surface area contributed by atoms with Crippen molar-refractivity contribution in [2.24, 2.45) is 5.10 Å². The maximum absolute atomic E-state index is 12.2. The summed E-state index contributed by atoms with van der Waals surface area (Å²) in [4.78, 5) is 29.3. The third kappa shape index (κ3) is 3.70. The number of anilines is 1. The number of rotatable bonds is 4. The van der Waals surface area contributed by atoms with E-state index in [1.807, 2.05) is 32.9 Å². The molecule has 8 heteroatoms. The Morgan fingerprint density at radius 3 is 2.57 bits per heavy atom. The molecule has 0 bridgehead atoms. The van der Waals surface area contributed by atoms with Crippen LogP contribution in [0.2, 0.25) is 0 Å². The van der Waals surface area contributed by atoms with Crippen molar-refractivity contribution in [1.82, 2.24) is 19.9 Å². The van der Waals surface area contributed by atoms with Crippen LogP contribution in [0.5, 0.6) is 0 Å². The van der Waals surface area contributed by atoms with Gasteiger partial charge >= 0.3 is 0 Å². The van der Waals surface area contributed by atoms with E-state index in [-0.39, 0.29) is 12.3 Å². The van der Waals surface area contributed by atoms with Gasteiger partial charge in [0.2, 0.25) is 0 Å². The summed E-state index contributed by atoms with van der Waals surface area (Å²) < 4.78 is 0. The highest BCUT2D eigenvalue weighted by Crippen LogP contribution is 2.21. The molecule has 3 heterocycles. The molecule has 0 atom stereocenters. The van der Waals surface area contributed by atoms with Gasteiger partial charge < -0.3 is 0 Å². The van der Waals surface area contributed by atoms with Gasteiger partial charge in [-0.1, -0.05) is 11.8 Å². The number of aromatic nitrogens is 4. The number of hydrogen-bond donors (Lipinski definition) is 0. The Labute approximate surface area is 138 Å². The van der Waals surface area contributed by atoms with E-state index in [0.717, 1.165) is 22.8 Å². The van der Waals surface area contributed by atoms with E-state index < -0.39 is 0 Å². The van der Waals surface area contributed by atoms with Crippen LogP contribution in [0.4, 0.5) is 5.95 Å². The molecule has 2 aromatic heterocycles. The third-order valence-corrected chi connectivity index (χ3v) is 4.07. The van der Waals surface area contributed by atoms with Crippen molar-refractivity contribution in [2.45, 2.75) is 32.3 Å². The number of thioether (sulfide) groups is 1. The van der Waals surface area contributed by atoms with E-state index in [4.69, 9.17) is 0 Å². The lowest BCUT2D eigenvalue weighted by Gasteiger charge is -2.10. The molecule has 1 amide bonds. The van der Waals surface area contributed by atoms with Crippen molar-refractivity contribution in [3.8, 4) is 0 Å². The first-order valence-electron chi connectivity index (χ1n) is 7.15. The fourth-order valence-electron chi connectivity index (χ4n) is 2.16. The Balaban J connectivity index is 1.73. The van der Waals surface area contributed by atoms with E-state index in [1.54, 1.807) is 6.20 Å². The smallest absolute Gasteiger partial charge is 0.255 e. The van der Waals surface area contributed by atoms with Gasteiger partial charge in [0.15, 0.2) is 5.16 Å². The average Bonchev–Trinajstić information content (AvgIpc) is 2.85. The Morgan fingerprint density at radius 1 is 1.13 bits per heavy atom. The summed E-state index contributed by atoms with van der Waals surface area (Å²) in [5.74, 6) is 0.784. The largest absolute Gasteiger partial charge is 0.272 e. The fraction of sp³-hybridized carbons (Fsp3) is 0.333. The van der Waals surface area contributed by atoms with Crippen LogP contribution in [-0.4, -0.2) is 37.3 Å². The van der Waals surface area contributed by atoms with Gasteiger partial charge in [0.25, 0.3) is 11.9 Å². The minimum absolute atomic E-state index is 0.115. The lowest BCUT2D eigenvalue weighted by atomic mass is 10.3. The molecular weight excluding hydrogens is 312 g/mol. The van der Waals surface area contributed by atoms with E-state index >= 15 is 0 Å². The molecule has 118 valence electrons. The Hall–Kier alpha value is -2.35. The predicted molar refractivity (Wildman–Crippen MR) is 88.5 cm³/mol. The molecule has 0 radical (unpaired) electrons. The number of carbonyl (C=O) groups is 1. The number of hydrogen-bond acceptors (Lipinski definition) is 7. The third-order valence-electron chi connectivity index (χ3n) is 3.13. The van der Waals surface area contributed by atoms with Crippen molar-refractivity contribution >= 4 is 29.3 Å². The number of carbonyl (C=O) groups excluding carboxylic acids is 1. The minimum Gasteiger partial charge on any atom is -0.272 e. The molecular formula is C15H16N6OS. The first-order chi connectivity index (χ1) is 11.0. The Morgan fingerprint density at radius 2 is 1.87 bits per heavy atom. The zero-order chi connectivity index (χ0) is 16.4. The van der Waals surface area contributed by atoms with Gasteiger partial charge in [-0.15, -0.1) is 0 Å². The highest BCUT2D eigenvalue weighted by atomic mass is 32.2. The van der Waals surface area contributed by atoms with Crippen molar-refractivity contribution in [3.63, 3.8) is 0 Å². The molecule has 0 spiro atoms. The highest BCUT2D eigenvalue weighted by molar-refractivity contribution is 7.99. The van der Waals surface area contributed by atoms with Crippen molar-refractivity contribution < 1.29 is 4.79 Å². The fourth-order valence-corrected chi connectivity index (χ4v) is 2.96. The molecule has 0 aliphatic carbocycles. The normalized spacial score (nSPS) is 14.3. The van der Waals surface area contributed by atoms with Gasteiger partial charge in [0, 0.05) is 29.0 Å². The Kier molecular flexibility index (Phi) is 4.33. The van der Waals surface area contributed by atoms with Crippen molar-refractivity contribution in [2.75, 3.05) is 10.8 Å². The Bertz CT molecular complexity index is 771. The van der Waals surface area contributed by atoms with Crippen LogP contribution in [0.25, 0.3) is 0 Å². The molecule has 1 aliphatic heterocycles. The predicted octanol–water partition coefficient (Wildman–Crippen LogP) is 2.08. The van der Waals surface area contributed by atoms with E-state index in [0.29, 0.717) is 16.9 Å². The van der Waals surface area contributed by atoms with Crippen molar-refractivity contribution in [3.05, 3.63) is 35.4 Å². The molecule has 23 heavy (non-hydrogen) atoms. The highest BCUT2D eigenvalue weighted by Gasteiger charge is 2.27. The van der Waals surface area contributed by atoms with Crippen LogP contribution < -0.4 is 5.01 Å². The van der Waals surface area contributed by atoms with Gasteiger partial charge in [-0.2, -0.15) is 10.1 Å². The zero-order valence-corrected chi connectivity index (χ0v) is 14.0. The van der Waals surface area contributed by atoms with Gasteiger partial charge in [-0.3, -0.25) is 4.79 Å². The summed E-state index contributed by atoms with van der Waals surface area (Å²) in [6.07, 6.45) is 2.00. The topological polar surface area (TPSA) is 84.2 Å². The first kappa shape index (κ1) is 15.5. The summed E-state index contributed by atoms with van der Waals surface area (Å²) >= 11 is 1.46. The van der Waals surface area contributed by atoms with Gasteiger partial charge in [-0.05, 0) is 32.9 Å². The molecule has 0 saturated carbocycles. The van der Waals surface area contributed by atoms with Crippen LogP contribution in [0.15, 0.2) is 28.6 Å². The summed E-state index contributed by atoms with van der Waals surface area (Å²) in [6.45, 7) is 5.66. The number of aryl methyl sites for hydroxylation is 3.